The van der Waals surface area contributed by atoms with Crippen LogP contribution in [-0.2, 0) is 14.4 Å². The van der Waals surface area contributed by atoms with Crippen LogP contribution in [0, 0.1) is 17.6 Å². The molecule has 10 nitrogen and oxygen atoms in total. The molecule has 6 rings (SSSR count). The zero-order valence-corrected chi connectivity index (χ0v) is 27.6. The second kappa shape index (κ2) is 15.4. The molecule has 2 aromatic carbocycles. The third-order valence-electron chi connectivity index (χ3n) is 8.97. The molecule has 1 aliphatic carbocycles. The van der Waals surface area contributed by atoms with Crippen molar-refractivity contribution >= 4 is 58.7 Å². The Labute approximate surface area is 287 Å². The predicted molar refractivity (Wildman–Crippen MR) is 181 cm³/mol. The molecular formula is C35H38ClF3N6O4. The smallest absolute Gasteiger partial charge is 0.270 e. The summed E-state index contributed by atoms with van der Waals surface area (Å²) in [5, 5.41) is 11.5. The van der Waals surface area contributed by atoms with Crippen LogP contribution in [0.25, 0.3) is 17.0 Å². The van der Waals surface area contributed by atoms with Gasteiger partial charge in [-0.2, -0.15) is 0 Å². The number of alkyl halides is 1. The first kappa shape index (κ1) is 35.8. The van der Waals surface area contributed by atoms with Crippen LogP contribution >= 0.6 is 12.4 Å². The molecule has 4 N–H and O–H groups in total. The average molecular weight is 699 g/mol. The van der Waals surface area contributed by atoms with Crippen molar-refractivity contribution in [2.75, 3.05) is 25.0 Å². The van der Waals surface area contributed by atoms with Gasteiger partial charge in [0.2, 0.25) is 17.7 Å². The lowest BCUT2D eigenvalue weighted by Crippen LogP contribution is -2.49. The van der Waals surface area contributed by atoms with E-state index >= 15 is 4.39 Å². The number of allylic oxidation sites excluding steroid dienone is 1. The third kappa shape index (κ3) is 8.39. The summed E-state index contributed by atoms with van der Waals surface area (Å²) >= 11 is 0. The number of carbonyl (C=O) groups excluding carboxylic acids is 4. The Kier molecular flexibility index (Phi) is 11.2. The monoisotopic (exact) mass is 698 g/mol. The first-order valence-corrected chi connectivity index (χ1v) is 16.2. The molecule has 0 unspecified atom stereocenters. The maximum atomic E-state index is 16.1. The number of aromatic nitrogens is 1. The van der Waals surface area contributed by atoms with E-state index in [0.29, 0.717) is 35.3 Å². The molecule has 3 heterocycles. The van der Waals surface area contributed by atoms with E-state index in [1.165, 1.54) is 36.4 Å². The molecule has 3 aliphatic rings. The van der Waals surface area contributed by atoms with Crippen molar-refractivity contribution in [3.8, 4) is 0 Å². The Morgan fingerprint density at radius 2 is 1.86 bits per heavy atom. The highest BCUT2D eigenvalue weighted by Gasteiger charge is 2.40. The number of halogens is 4. The topological polar surface area (TPSA) is 133 Å². The minimum atomic E-state index is -1.48. The number of amides is 4. The number of benzene rings is 2. The highest BCUT2D eigenvalue weighted by atomic mass is 35.5. The summed E-state index contributed by atoms with van der Waals surface area (Å²) in [7, 11) is 0. The molecule has 0 bridgehead atoms. The molecule has 260 valence electrons. The van der Waals surface area contributed by atoms with Crippen molar-refractivity contribution in [1.82, 2.24) is 25.8 Å². The lowest BCUT2D eigenvalue weighted by Gasteiger charge is -2.26. The predicted octanol–water partition coefficient (Wildman–Crippen LogP) is 4.59. The van der Waals surface area contributed by atoms with Crippen LogP contribution < -0.4 is 21.3 Å². The summed E-state index contributed by atoms with van der Waals surface area (Å²) in [6, 6.07) is 7.54. The Balaban J connectivity index is 0.00000468. The Morgan fingerprint density at radius 1 is 1.06 bits per heavy atom. The average Bonchev–Trinajstić information content (AvgIpc) is 3.55. The summed E-state index contributed by atoms with van der Waals surface area (Å²) in [4.78, 5) is 57.4. The molecule has 3 fully saturated rings. The van der Waals surface area contributed by atoms with Gasteiger partial charge in [-0.25, -0.2) is 18.2 Å². The quantitative estimate of drug-likeness (QED) is 0.245. The van der Waals surface area contributed by atoms with Crippen molar-refractivity contribution in [3.05, 3.63) is 77.0 Å². The van der Waals surface area contributed by atoms with Crippen molar-refractivity contribution in [2.24, 2.45) is 5.92 Å². The van der Waals surface area contributed by atoms with Gasteiger partial charge in [-0.3, -0.25) is 19.2 Å². The number of likely N-dealkylation sites (tertiary alicyclic amines) is 1. The lowest BCUT2D eigenvalue weighted by atomic mass is 9.98. The summed E-state index contributed by atoms with van der Waals surface area (Å²) < 4.78 is 44.2. The molecule has 14 heteroatoms. The van der Waals surface area contributed by atoms with Crippen LogP contribution in [0.15, 0.2) is 48.5 Å². The largest absolute Gasteiger partial charge is 0.348 e. The molecule has 3 aromatic rings. The van der Waals surface area contributed by atoms with E-state index in [2.05, 4.69) is 26.3 Å². The van der Waals surface area contributed by atoms with Gasteiger partial charge in [0, 0.05) is 17.4 Å². The van der Waals surface area contributed by atoms with Crippen LogP contribution in [0.4, 0.5) is 18.9 Å². The van der Waals surface area contributed by atoms with Gasteiger partial charge in [-0.05, 0) is 81.0 Å². The fourth-order valence-electron chi connectivity index (χ4n) is 6.21. The minimum absolute atomic E-state index is 0. The van der Waals surface area contributed by atoms with Crippen LogP contribution in [0.2, 0.25) is 0 Å². The van der Waals surface area contributed by atoms with Gasteiger partial charge in [-0.15, -0.1) is 12.4 Å². The molecule has 49 heavy (non-hydrogen) atoms. The van der Waals surface area contributed by atoms with Gasteiger partial charge in [0.15, 0.2) is 5.82 Å². The number of hydrogen-bond acceptors (Lipinski definition) is 6. The van der Waals surface area contributed by atoms with Crippen LogP contribution in [0.1, 0.15) is 66.7 Å². The van der Waals surface area contributed by atoms with Crippen molar-refractivity contribution in [1.29, 1.82) is 0 Å². The normalized spacial score (nSPS) is 21.0. The van der Waals surface area contributed by atoms with E-state index < -0.39 is 60.2 Å². The summed E-state index contributed by atoms with van der Waals surface area (Å²) in [6.45, 7) is 1.43. The second-order valence-electron chi connectivity index (χ2n) is 12.6. The number of pyridine rings is 1. The molecular weight excluding hydrogens is 661 g/mol. The van der Waals surface area contributed by atoms with Gasteiger partial charge >= 0.3 is 0 Å². The van der Waals surface area contributed by atoms with Gasteiger partial charge in [0.05, 0.1) is 36.4 Å². The van der Waals surface area contributed by atoms with E-state index in [1.807, 2.05) is 6.08 Å². The SMILES string of the molecule is C[C@H](NC(=O)[C@@H]1C[C@@H](F)CN1C(=O)CNC(=O)c1ccc2cc(F)ccc2n1)c1c(/C=C/C2CC2)ccc(NC(=O)[C@@H]2CCCN2)c1F.Cl. The van der Waals surface area contributed by atoms with Gasteiger partial charge in [0.25, 0.3) is 5.91 Å². The van der Waals surface area contributed by atoms with E-state index in [-0.39, 0.29) is 48.2 Å². The molecule has 4 amide bonds. The van der Waals surface area contributed by atoms with Gasteiger partial charge in [0.1, 0.15) is 23.7 Å². The molecule has 2 saturated heterocycles. The van der Waals surface area contributed by atoms with E-state index in [1.54, 1.807) is 19.1 Å². The highest BCUT2D eigenvalue weighted by Crippen LogP contribution is 2.34. The van der Waals surface area contributed by atoms with Crippen molar-refractivity contribution < 1.29 is 32.3 Å². The molecule has 1 aromatic heterocycles. The Bertz CT molecular complexity index is 1780. The van der Waals surface area contributed by atoms with Crippen LogP contribution in [0.5, 0.6) is 0 Å². The number of carbonyl (C=O) groups is 4. The number of fused-ring (bicyclic) bond motifs is 1. The number of hydrogen-bond donors (Lipinski definition) is 4. The molecule has 0 radical (unpaired) electrons. The van der Waals surface area contributed by atoms with Gasteiger partial charge in [-0.1, -0.05) is 24.3 Å². The molecule has 1 saturated carbocycles. The fourth-order valence-corrected chi connectivity index (χ4v) is 6.21. The summed E-state index contributed by atoms with van der Waals surface area (Å²) in [5.74, 6) is -3.09. The standard InChI is InChI=1S/C35H37F3N6O4.ClH/c1-19(31-21(7-6-20-4-5-20)8-11-26(32(31)38)43-34(47)27-3-2-14-39-27)41-35(48)29-16-24(37)18-44(29)30(45)17-40-33(46)28-12-9-22-15-23(36)10-13-25(22)42-28;/h6-13,15,19-20,24,27,29,39H,2-5,14,16-18H2,1H3,(H,40,46)(H,41,48)(H,43,47);1H/b7-6+;/t19-,24+,27-,29-;/m0./s1. The Hall–Kier alpha value is -4.49. The first-order chi connectivity index (χ1) is 23.1. The summed E-state index contributed by atoms with van der Waals surface area (Å²) in [6.07, 6.45) is 5.62. The third-order valence-corrected chi connectivity index (χ3v) is 8.97. The lowest BCUT2D eigenvalue weighted by molar-refractivity contribution is -0.138. The summed E-state index contributed by atoms with van der Waals surface area (Å²) in [5.41, 5.74) is 1.06. The van der Waals surface area contributed by atoms with Crippen molar-refractivity contribution in [3.63, 3.8) is 0 Å². The van der Waals surface area contributed by atoms with E-state index in [0.717, 1.165) is 24.2 Å². The molecule has 4 atom stereocenters. The Morgan fingerprint density at radius 3 is 2.59 bits per heavy atom. The van der Waals surface area contributed by atoms with Crippen LogP contribution in [0.3, 0.4) is 0 Å². The van der Waals surface area contributed by atoms with Crippen molar-refractivity contribution in [2.45, 2.75) is 63.3 Å². The number of nitrogens with zero attached hydrogens (tertiary/aromatic N) is 2. The number of nitrogens with one attached hydrogen (secondary N) is 4. The maximum absolute atomic E-state index is 16.1. The molecule has 2 aliphatic heterocycles. The highest BCUT2D eigenvalue weighted by molar-refractivity contribution is 5.98. The minimum Gasteiger partial charge on any atom is -0.348 e. The zero-order chi connectivity index (χ0) is 33.9. The number of rotatable bonds is 10. The fraction of sp³-hybridized carbons (Fsp3) is 0.400. The zero-order valence-electron chi connectivity index (χ0n) is 26.8. The maximum Gasteiger partial charge on any atom is 0.270 e. The van der Waals surface area contributed by atoms with E-state index in [4.69, 9.17) is 0 Å². The van der Waals surface area contributed by atoms with Gasteiger partial charge < -0.3 is 26.2 Å². The first-order valence-electron chi connectivity index (χ1n) is 16.2. The molecule has 0 spiro atoms. The van der Waals surface area contributed by atoms with E-state index in [9.17, 15) is 28.0 Å². The second-order valence-corrected chi connectivity index (χ2v) is 12.6. The number of anilines is 1. The van der Waals surface area contributed by atoms with Crippen LogP contribution in [-0.4, -0.2) is 71.4 Å².